The van der Waals surface area contributed by atoms with Crippen LogP contribution in [0.3, 0.4) is 0 Å². The van der Waals surface area contributed by atoms with E-state index in [1.54, 1.807) is 75.7 Å². The number of nitrogens with zero attached hydrogens (tertiary/aromatic N) is 2. The fourth-order valence-electron chi connectivity index (χ4n) is 4.44. The Labute approximate surface area is 221 Å². The van der Waals surface area contributed by atoms with Crippen LogP contribution in [-0.4, -0.2) is 41.0 Å². The van der Waals surface area contributed by atoms with Crippen LogP contribution in [0, 0.1) is 0 Å². The molecule has 1 saturated heterocycles. The maximum atomic E-state index is 13.4. The first kappa shape index (κ1) is 26.6. The van der Waals surface area contributed by atoms with Gasteiger partial charge in [0.15, 0.2) is 0 Å². The molecule has 2 aromatic carbocycles. The largest absolute Gasteiger partial charge is 0.507 e. The van der Waals surface area contributed by atoms with Crippen LogP contribution < -0.4 is 9.64 Å². The van der Waals surface area contributed by atoms with Gasteiger partial charge in [0.1, 0.15) is 17.6 Å². The Morgan fingerprint density at radius 3 is 2.24 bits per heavy atom. The molecule has 1 N–H and O–H groups in total. The number of aliphatic hydroxyl groups is 1. The zero-order chi connectivity index (χ0) is 27.6. The van der Waals surface area contributed by atoms with Crippen LogP contribution >= 0.6 is 0 Å². The number of aliphatic hydroxyl groups excluding tert-OH is 1. The van der Waals surface area contributed by atoms with Crippen LogP contribution in [0.25, 0.3) is 5.76 Å². The van der Waals surface area contributed by atoms with Crippen molar-refractivity contribution in [3.05, 3.63) is 94.8 Å². The number of methoxy groups -OCH3 is 1. The van der Waals surface area contributed by atoms with Crippen molar-refractivity contribution in [3.63, 3.8) is 0 Å². The molecule has 8 nitrogen and oxygen atoms in total. The van der Waals surface area contributed by atoms with E-state index in [0.717, 1.165) is 5.56 Å². The molecule has 0 saturated carbocycles. The molecule has 1 unspecified atom stereocenters. The summed E-state index contributed by atoms with van der Waals surface area (Å²) in [7, 11) is 1.57. The number of aromatic nitrogens is 1. The van der Waals surface area contributed by atoms with Crippen LogP contribution in [-0.2, 0) is 14.3 Å². The number of Topliss-reactive ketones (excluding diaryl/α,β-unsaturated/α-hetero) is 1. The summed E-state index contributed by atoms with van der Waals surface area (Å²) in [4.78, 5) is 44.7. The minimum Gasteiger partial charge on any atom is -0.507 e. The molecular formula is C30H30N2O6. The standard InChI is InChI=1S/C30H30N2O6/c1-17(2)22-16-20(11-14-24(22)37-5)27(33)25-26(23-8-6-7-15-31-23)32(29(35)28(25)34)21-12-9-19(10-13-21)30(36)38-18(3)4/h6-18,26,33H,1-5H3/b27-25-. The van der Waals surface area contributed by atoms with Gasteiger partial charge in [-0.3, -0.25) is 19.5 Å². The van der Waals surface area contributed by atoms with Gasteiger partial charge in [0.2, 0.25) is 0 Å². The number of carbonyl (C=O) groups is 3. The van der Waals surface area contributed by atoms with Gasteiger partial charge in [-0.2, -0.15) is 0 Å². The molecular weight excluding hydrogens is 484 g/mol. The van der Waals surface area contributed by atoms with E-state index in [9.17, 15) is 19.5 Å². The third kappa shape index (κ3) is 5.02. The maximum absolute atomic E-state index is 13.4. The fraction of sp³-hybridized carbons (Fsp3) is 0.267. The van der Waals surface area contributed by atoms with Crippen LogP contribution in [0.2, 0.25) is 0 Å². The quantitative estimate of drug-likeness (QED) is 0.195. The molecule has 3 aromatic rings. The lowest BCUT2D eigenvalue weighted by atomic mass is 9.94. The molecule has 0 radical (unpaired) electrons. The molecule has 4 rings (SSSR count). The number of benzene rings is 2. The molecule has 1 aromatic heterocycles. The lowest BCUT2D eigenvalue weighted by Gasteiger charge is -2.25. The van der Waals surface area contributed by atoms with Crippen molar-refractivity contribution in [2.75, 3.05) is 12.0 Å². The Morgan fingerprint density at radius 1 is 0.974 bits per heavy atom. The highest BCUT2D eigenvalue weighted by atomic mass is 16.5. The summed E-state index contributed by atoms with van der Waals surface area (Å²) in [6.07, 6.45) is 1.28. The van der Waals surface area contributed by atoms with E-state index in [2.05, 4.69) is 4.98 Å². The number of ether oxygens (including phenoxy) is 2. The zero-order valence-electron chi connectivity index (χ0n) is 22.0. The number of esters is 1. The zero-order valence-corrected chi connectivity index (χ0v) is 22.0. The predicted octanol–water partition coefficient (Wildman–Crippen LogP) is 5.41. The third-order valence-electron chi connectivity index (χ3n) is 6.26. The molecule has 1 aliphatic heterocycles. The van der Waals surface area contributed by atoms with Crippen molar-refractivity contribution in [1.29, 1.82) is 0 Å². The average Bonchev–Trinajstić information content (AvgIpc) is 3.18. The molecule has 1 aliphatic rings. The van der Waals surface area contributed by atoms with Crippen molar-refractivity contribution >= 4 is 29.1 Å². The van der Waals surface area contributed by atoms with E-state index >= 15 is 0 Å². The average molecular weight is 515 g/mol. The highest BCUT2D eigenvalue weighted by molar-refractivity contribution is 6.51. The first-order chi connectivity index (χ1) is 18.1. The number of rotatable bonds is 7. The Morgan fingerprint density at radius 2 is 1.66 bits per heavy atom. The summed E-state index contributed by atoms with van der Waals surface area (Å²) in [5, 5.41) is 11.4. The van der Waals surface area contributed by atoms with Gasteiger partial charge in [0.05, 0.1) is 30.0 Å². The van der Waals surface area contributed by atoms with Gasteiger partial charge in [-0.1, -0.05) is 19.9 Å². The number of carbonyl (C=O) groups excluding carboxylic acids is 3. The summed E-state index contributed by atoms with van der Waals surface area (Å²) in [6.45, 7) is 7.50. The highest BCUT2D eigenvalue weighted by Crippen LogP contribution is 2.42. The number of anilines is 1. The number of pyridine rings is 1. The second-order valence-electron chi connectivity index (χ2n) is 9.54. The molecule has 1 atom stereocenters. The van der Waals surface area contributed by atoms with Crippen molar-refractivity contribution in [2.24, 2.45) is 0 Å². The topological polar surface area (TPSA) is 106 Å². The Bertz CT molecular complexity index is 1390. The molecule has 1 amide bonds. The van der Waals surface area contributed by atoms with Gasteiger partial charge in [-0.25, -0.2) is 4.79 Å². The lowest BCUT2D eigenvalue weighted by molar-refractivity contribution is -0.132. The highest BCUT2D eigenvalue weighted by Gasteiger charge is 2.47. The number of ketones is 1. The van der Waals surface area contributed by atoms with Gasteiger partial charge >= 0.3 is 5.97 Å². The molecule has 0 bridgehead atoms. The number of hydrogen-bond acceptors (Lipinski definition) is 7. The smallest absolute Gasteiger partial charge is 0.338 e. The van der Waals surface area contributed by atoms with Gasteiger partial charge in [0.25, 0.3) is 11.7 Å². The molecule has 0 aliphatic carbocycles. The van der Waals surface area contributed by atoms with Crippen molar-refractivity contribution in [1.82, 2.24) is 4.98 Å². The molecule has 2 heterocycles. The summed E-state index contributed by atoms with van der Waals surface area (Å²) in [5.41, 5.74) is 2.27. The summed E-state index contributed by atoms with van der Waals surface area (Å²) >= 11 is 0. The van der Waals surface area contributed by atoms with Gasteiger partial charge < -0.3 is 14.6 Å². The van der Waals surface area contributed by atoms with Crippen molar-refractivity contribution in [3.8, 4) is 5.75 Å². The van der Waals surface area contributed by atoms with Crippen molar-refractivity contribution < 1.29 is 29.0 Å². The first-order valence-electron chi connectivity index (χ1n) is 12.3. The molecule has 0 spiro atoms. The number of hydrogen-bond donors (Lipinski definition) is 1. The predicted molar refractivity (Wildman–Crippen MR) is 143 cm³/mol. The lowest BCUT2D eigenvalue weighted by Crippen LogP contribution is -2.29. The fourth-order valence-corrected chi connectivity index (χ4v) is 4.44. The van der Waals surface area contributed by atoms with Crippen LogP contribution in [0.1, 0.15) is 66.8 Å². The first-order valence-corrected chi connectivity index (χ1v) is 12.3. The van der Waals surface area contributed by atoms with Crippen LogP contribution in [0.15, 0.2) is 72.4 Å². The Hall–Kier alpha value is -4.46. The van der Waals surface area contributed by atoms with Crippen LogP contribution in [0.5, 0.6) is 5.75 Å². The molecule has 8 heteroatoms. The maximum Gasteiger partial charge on any atom is 0.338 e. The Balaban J connectivity index is 1.84. The minimum absolute atomic E-state index is 0.0723. The van der Waals surface area contributed by atoms with E-state index in [0.29, 0.717) is 28.3 Å². The Kier molecular flexibility index (Phi) is 7.62. The van der Waals surface area contributed by atoms with E-state index in [-0.39, 0.29) is 23.4 Å². The van der Waals surface area contributed by atoms with Crippen molar-refractivity contribution in [2.45, 2.75) is 45.8 Å². The number of amides is 1. The second-order valence-corrected chi connectivity index (χ2v) is 9.54. The van der Waals surface area contributed by atoms with Gasteiger partial charge in [0, 0.05) is 17.4 Å². The third-order valence-corrected chi connectivity index (χ3v) is 6.26. The van der Waals surface area contributed by atoms with Crippen LogP contribution in [0.4, 0.5) is 5.69 Å². The SMILES string of the molecule is COc1ccc(/C(O)=C2/C(=O)C(=O)N(c3ccc(C(=O)OC(C)C)cc3)C2c2ccccn2)cc1C(C)C. The summed E-state index contributed by atoms with van der Waals surface area (Å²) in [5.74, 6) is -1.68. The normalized spacial score (nSPS) is 16.8. The van der Waals surface area contributed by atoms with E-state index in [4.69, 9.17) is 9.47 Å². The monoisotopic (exact) mass is 514 g/mol. The summed E-state index contributed by atoms with van der Waals surface area (Å²) in [6, 6.07) is 15.5. The molecule has 196 valence electrons. The van der Waals surface area contributed by atoms with Gasteiger partial charge in [-0.05, 0) is 79.9 Å². The minimum atomic E-state index is -0.978. The summed E-state index contributed by atoms with van der Waals surface area (Å²) < 4.78 is 10.7. The van der Waals surface area contributed by atoms with E-state index < -0.39 is 23.7 Å². The molecule has 38 heavy (non-hydrogen) atoms. The van der Waals surface area contributed by atoms with E-state index in [1.807, 2.05) is 13.8 Å². The molecule has 1 fully saturated rings. The second kappa shape index (κ2) is 10.9. The van der Waals surface area contributed by atoms with Gasteiger partial charge in [-0.15, -0.1) is 0 Å². The van der Waals surface area contributed by atoms with E-state index in [1.165, 1.54) is 17.0 Å².